The largest absolute Gasteiger partial charge is 0.478 e. The molecule has 148 valence electrons. The highest BCUT2D eigenvalue weighted by atomic mass is 32.1. The van der Waals surface area contributed by atoms with Crippen LogP contribution in [0.5, 0.6) is 0 Å². The molecule has 0 saturated carbocycles. The number of anilines is 1. The van der Waals surface area contributed by atoms with Gasteiger partial charge in [0.15, 0.2) is 0 Å². The predicted octanol–water partition coefficient (Wildman–Crippen LogP) is 1.05. The van der Waals surface area contributed by atoms with Gasteiger partial charge in [-0.15, -0.1) is 11.3 Å². The van der Waals surface area contributed by atoms with E-state index in [9.17, 15) is 24.3 Å². The molecule has 1 aliphatic heterocycles. The van der Waals surface area contributed by atoms with Crippen LogP contribution in [0.15, 0.2) is 0 Å². The van der Waals surface area contributed by atoms with Gasteiger partial charge in [-0.25, -0.2) is 9.59 Å². The van der Waals surface area contributed by atoms with Gasteiger partial charge in [0.25, 0.3) is 0 Å². The molecule has 2 amide bonds. The van der Waals surface area contributed by atoms with Gasteiger partial charge >= 0.3 is 17.8 Å². The average Bonchev–Trinajstić information content (AvgIpc) is 2.89. The number of rotatable bonds is 4. The number of ether oxygens (including phenoxy) is 1. The summed E-state index contributed by atoms with van der Waals surface area (Å²) >= 11 is 1.08. The normalized spacial score (nSPS) is 16.2. The van der Waals surface area contributed by atoms with Crippen molar-refractivity contribution in [3.8, 4) is 0 Å². The van der Waals surface area contributed by atoms with Crippen LogP contribution in [0.1, 0.15) is 54.5 Å². The molecule has 1 aliphatic rings. The Morgan fingerprint density at radius 1 is 1.30 bits per heavy atom. The summed E-state index contributed by atoms with van der Waals surface area (Å²) < 4.78 is 5.01. The number of amides is 2. The number of fused-ring (bicyclic) bond motifs is 1. The van der Waals surface area contributed by atoms with Crippen LogP contribution in [-0.4, -0.2) is 47.6 Å². The zero-order valence-corrected chi connectivity index (χ0v) is 16.4. The first-order chi connectivity index (χ1) is 12.5. The number of carbonyl (C=O) groups is 4. The number of carboxylic acids is 1. The van der Waals surface area contributed by atoms with Crippen LogP contribution in [0.25, 0.3) is 0 Å². The molecule has 1 aromatic heterocycles. The minimum atomic E-state index is -1.19. The van der Waals surface area contributed by atoms with Crippen molar-refractivity contribution in [2.24, 2.45) is 0 Å². The lowest BCUT2D eigenvalue weighted by molar-refractivity contribution is -0.161. The molecule has 0 saturated heterocycles. The van der Waals surface area contributed by atoms with E-state index in [1.54, 1.807) is 20.8 Å². The zero-order valence-electron chi connectivity index (χ0n) is 15.6. The van der Waals surface area contributed by atoms with Gasteiger partial charge in [0, 0.05) is 18.3 Å². The quantitative estimate of drug-likeness (QED) is 0.441. The highest BCUT2D eigenvalue weighted by Gasteiger charge is 2.32. The van der Waals surface area contributed by atoms with Crippen molar-refractivity contribution in [3.05, 3.63) is 16.0 Å². The molecule has 27 heavy (non-hydrogen) atoms. The van der Waals surface area contributed by atoms with Gasteiger partial charge in [0.1, 0.15) is 10.6 Å². The van der Waals surface area contributed by atoms with E-state index in [1.165, 1.54) is 6.92 Å². The second kappa shape index (κ2) is 8.05. The second-order valence-electron chi connectivity index (χ2n) is 7.10. The highest BCUT2D eigenvalue weighted by molar-refractivity contribution is 7.17. The molecule has 0 radical (unpaired) electrons. The van der Waals surface area contributed by atoms with Crippen molar-refractivity contribution in [1.82, 2.24) is 10.6 Å². The summed E-state index contributed by atoms with van der Waals surface area (Å²) in [6.07, 6.45) is 0.465. The van der Waals surface area contributed by atoms with E-state index in [1.807, 2.05) is 0 Å². The van der Waals surface area contributed by atoms with Gasteiger partial charge in [-0.3, -0.25) is 9.59 Å². The maximum Gasteiger partial charge on any atom is 0.397 e. The van der Waals surface area contributed by atoms with Gasteiger partial charge in [-0.1, -0.05) is 0 Å². The van der Waals surface area contributed by atoms with Crippen molar-refractivity contribution in [2.75, 3.05) is 18.4 Å². The molecule has 0 bridgehead atoms. The topological polar surface area (TPSA) is 134 Å². The number of esters is 1. The maximum atomic E-state index is 12.1. The fraction of sp³-hybridized carbons (Fsp3) is 0.529. The number of hydrogen-bond donors (Lipinski definition) is 4. The molecule has 10 heteroatoms. The van der Waals surface area contributed by atoms with E-state index in [-0.39, 0.29) is 22.5 Å². The molecule has 9 nitrogen and oxygen atoms in total. The van der Waals surface area contributed by atoms with E-state index >= 15 is 0 Å². The number of thiophene rings is 1. The Kier molecular flexibility index (Phi) is 6.22. The average molecular weight is 397 g/mol. The Bertz CT molecular complexity index is 780. The SMILES string of the molecule is CC(=O)NCC1NCCc2c1sc(NC(=O)C(=O)OC(C)(C)C)c2C(=O)O. The van der Waals surface area contributed by atoms with E-state index in [4.69, 9.17) is 4.74 Å². The molecule has 4 N–H and O–H groups in total. The van der Waals surface area contributed by atoms with Crippen molar-refractivity contribution in [3.63, 3.8) is 0 Å². The van der Waals surface area contributed by atoms with Crippen molar-refractivity contribution in [1.29, 1.82) is 0 Å². The lowest BCUT2D eigenvalue weighted by atomic mass is 9.99. The number of aromatic carboxylic acids is 1. The van der Waals surface area contributed by atoms with E-state index < -0.39 is 23.4 Å². The van der Waals surface area contributed by atoms with Crippen LogP contribution < -0.4 is 16.0 Å². The Balaban J connectivity index is 2.29. The molecule has 0 fully saturated rings. The predicted molar refractivity (Wildman–Crippen MR) is 98.9 cm³/mol. The Morgan fingerprint density at radius 3 is 2.52 bits per heavy atom. The van der Waals surface area contributed by atoms with Crippen molar-refractivity contribution in [2.45, 2.75) is 45.8 Å². The van der Waals surface area contributed by atoms with Crippen LogP contribution in [0.4, 0.5) is 5.00 Å². The molecule has 2 heterocycles. The maximum absolute atomic E-state index is 12.1. The molecule has 0 spiro atoms. The van der Waals surface area contributed by atoms with E-state index in [2.05, 4.69) is 16.0 Å². The Labute approximate surface area is 160 Å². The molecule has 2 rings (SSSR count). The minimum absolute atomic E-state index is 0.0266. The third kappa shape index (κ3) is 5.27. The Hall–Kier alpha value is -2.46. The van der Waals surface area contributed by atoms with Crippen LogP contribution >= 0.6 is 11.3 Å². The van der Waals surface area contributed by atoms with Crippen LogP contribution in [-0.2, 0) is 25.5 Å². The van der Waals surface area contributed by atoms with Gasteiger partial charge in [-0.2, -0.15) is 0 Å². The zero-order chi connectivity index (χ0) is 20.4. The van der Waals surface area contributed by atoms with Crippen LogP contribution in [0.2, 0.25) is 0 Å². The van der Waals surface area contributed by atoms with E-state index in [0.29, 0.717) is 30.0 Å². The third-order valence-electron chi connectivity index (χ3n) is 3.70. The standard InChI is InChI=1S/C17H23N3O6S/c1-8(21)19-7-10-12-9(5-6-18-10)11(15(23)24)14(27-12)20-13(22)16(25)26-17(2,3)4/h10,18H,5-7H2,1-4H3,(H,19,21)(H,20,22)(H,23,24). The number of nitrogens with one attached hydrogen (secondary N) is 3. The molecular formula is C17H23N3O6S. The van der Waals surface area contributed by atoms with Crippen LogP contribution in [0, 0.1) is 0 Å². The summed E-state index contributed by atoms with van der Waals surface area (Å²) in [5, 5.41) is 18.0. The lowest BCUT2D eigenvalue weighted by Gasteiger charge is -2.24. The van der Waals surface area contributed by atoms with Gasteiger partial charge < -0.3 is 25.8 Å². The van der Waals surface area contributed by atoms with Crippen LogP contribution in [0.3, 0.4) is 0 Å². The first-order valence-electron chi connectivity index (χ1n) is 8.40. The fourth-order valence-corrected chi connectivity index (χ4v) is 3.99. The molecule has 0 aromatic carbocycles. The molecule has 0 aliphatic carbocycles. The fourth-order valence-electron chi connectivity index (χ4n) is 2.68. The summed E-state index contributed by atoms with van der Waals surface area (Å²) in [6, 6.07) is -0.270. The minimum Gasteiger partial charge on any atom is -0.478 e. The Morgan fingerprint density at radius 2 is 1.96 bits per heavy atom. The molecule has 1 unspecified atom stereocenters. The summed E-state index contributed by atoms with van der Waals surface area (Å²) in [5.41, 5.74) is -0.270. The first kappa shape index (κ1) is 20.8. The van der Waals surface area contributed by atoms with Gasteiger partial charge in [0.2, 0.25) is 5.91 Å². The van der Waals surface area contributed by atoms with Crippen molar-refractivity contribution < 1.29 is 29.0 Å². The highest BCUT2D eigenvalue weighted by Crippen LogP contribution is 2.39. The number of hydrogen-bond acceptors (Lipinski definition) is 7. The summed E-state index contributed by atoms with van der Waals surface area (Å²) in [6.45, 7) is 7.11. The van der Waals surface area contributed by atoms with Crippen molar-refractivity contribution >= 4 is 40.1 Å². The van der Waals surface area contributed by atoms with Gasteiger partial charge in [-0.05, 0) is 39.3 Å². The molecule has 1 aromatic rings. The second-order valence-corrected chi connectivity index (χ2v) is 8.16. The van der Waals surface area contributed by atoms with E-state index in [0.717, 1.165) is 11.3 Å². The summed E-state index contributed by atoms with van der Waals surface area (Å²) in [5.74, 6) is -3.50. The third-order valence-corrected chi connectivity index (χ3v) is 4.96. The smallest absolute Gasteiger partial charge is 0.397 e. The van der Waals surface area contributed by atoms with Gasteiger partial charge in [0.05, 0.1) is 11.6 Å². The number of carboxylic acid groups (broad SMARTS) is 1. The molecule has 1 atom stereocenters. The summed E-state index contributed by atoms with van der Waals surface area (Å²) in [7, 11) is 0. The molecular weight excluding hydrogens is 374 g/mol. The number of carbonyl (C=O) groups excluding carboxylic acids is 3. The monoisotopic (exact) mass is 397 g/mol. The lowest BCUT2D eigenvalue weighted by Crippen LogP contribution is -2.37. The first-order valence-corrected chi connectivity index (χ1v) is 9.22. The summed E-state index contributed by atoms with van der Waals surface area (Å²) in [4.78, 5) is 47.7.